The molecule has 18 heavy (non-hydrogen) atoms. The molecule has 1 nitrogen and oxygen atoms in total. The van der Waals surface area contributed by atoms with Crippen LogP contribution in [-0.2, 0) is 11.3 Å². The molecule has 0 amide bonds. The van der Waals surface area contributed by atoms with Crippen molar-refractivity contribution in [1.29, 1.82) is 0 Å². The molecule has 0 N–H and O–H groups in total. The van der Waals surface area contributed by atoms with Crippen LogP contribution in [0.1, 0.15) is 17.2 Å². The van der Waals surface area contributed by atoms with Gasteiger partial charge in [-0.1, -0.05) is 64.3 Å². The summed E-state index contributed by atoms with van der Waals surface area (Å²) in [6.07, 6.45) is 5.21. The summed E-state index contributed by atoms with van der Waals surface area (Å²) >= 11 is 3.40. The molecule has 0 fully saturated rings. The van der Waals surface area contributed by atoms with Crippen LogP contribution >= 0.6 is 15.9 Å². The molecule has 0 radical (unpaired) electrons. The fraction of sp³-hybridized carbons (Fsp3) is 0.125. The van der Waals surface area contributed by atoms with Gasteiger partial charge in [0.1, 0.15) is 6.10 Å². The van der Waals surface area contributed by atoms with Gasteiger partial charge in [-0.3, -0.25) is 0 Å². The fourth-order valence-corrected chi connectivity index (χ4v) is 1.90. The highest BCUT2D eigenvalue weighted by Gasteiger charge is 2.08. The van der Waals surface area contributed by atoms with Crippen molar-refractivity contribution < 1.29 is 4.74 Å². The summed E-state index contributed by atoms with van der Waals surface area (Å²) in [6.45, 7) is 0.520. The normalized spacial score (nSPS) is 11.8. The Balaban J connectivity index is 2.02. The lowest BCUT2D eigenvalue weighted by molar-refractivity contribution is 0.0782. The number of terminal acetylenes is 1. The minimum Gasteiger partial charge on any atom is -0.356 e. The molecule has 0 saturated carbocycles. The van der Waals surface area contributed by atoms with E-state index in [9.17, 15) is 0 Å². The minimum atomic E-state index is -0.307. The Morgan fingerprint density at radius 1 is 1.06 bits per heavy atom. The van der Waals surface area contributed by atoms with E-state index in [1.54, 1.807) is 0 Å². The van der Waals surface area contributed by atoms with E-state index < -0.39 is 0 Å². The highest BCUT2D eigenvalue weighted by Crippen LogP contribution is 2.20. The highest BCUT2D eigenvalue weighted by atomic mass is 79.9. The number of halogens is 1. The lowest BCUT2D eigenvalue weighted by Crippen LogP contribution is -2.02. The van der Waals surface area contributed by atoms with Crippen molar-refractivity contribution in [1.82, 2.24) is 0 Å². The molecule has 2 aromatic rings. The van der Waals surface area contributed by atoms with Crippen LogP contribution in [0.5, 0.6) is 0 Å². The van der Waals surface area contributed by atoms with Crippen molar-refractivity contribution in [2.24, 2.45) is 0 Å². The summed E-state index contributed by atoms with van der Waals surface area (Å²) in [4.78, 5) is 0. The van der Waals surface area contributed by atoms with E-state index in [1.165, 1.54) is 0 Å². The summed E-state index contributed by atoms with van der Waals surface area (Å²) in [6, 6.07) is 17.9. The minimum absolute atomic E-state index is 0.307. The van der Waals surface area contributed by atoms with Gasteiger partial charge in [0.15, 0.2) is 0 Å². The van der Waals surface area contributed by atoms with Crippen LogP contribution in [0.15, 0.2) is 59.1 Å². The van der Waals surface area contributed by atoms with Crippen LogP contribution < -0.4 is 0 Å². The van der Waals surface area contributed by atoms with Crippen LogP contribution in [0.4, 0.5) is 0 Å². The first-order valence-corrected chi connectivity index (χ1v) is 6.46. The standard InChI is InChI=1S/C16H13BrO/c1-2-16(14-8-10-15(17)11-9-14)18-12-13-6-4-3-5-7-13/h1,3-11,16H,12H2/t16-/m1/s1. The molecule has 0 aromatic heterocycles. The number of rotatable bonds is 4. The average Bonchev–Trinajstić information content (AvgIpc) is 2.42. The van der Waals surface area contributed by atoms with Crippen molar-refractivity contribution >= 4 is 15.9 Å². The van der Waals surface area contributed by atoms with Gasteiger partial charge in [-0.05, 0) is 23.3 Å². The van der Waals surface area contributed by atoms with Crippen molar-refractivity contribution in [3.8, 4) is 12.3 Å². The molecule has 90 valence electrons. The second-order valence-corrected chi connectivity index (χ2v) is 4.81. The van der Waals surface area contributed by atoms with Gasteiger partial charge >= 0.3 is 0 Å². The first-order chi connectivity index (χ1) is 8.79. The van der Waals surface area contributed by atoms with Crippen LogP contribution in [0.3, 0.4) is 0 Å². The van der Waals surface area contributed by atoms with Gasteiger partial charge in [-0.2, -0.15) is 0 Å². The van der Waals surface area contributed by atoms with E-state index in [2.05, 4.69) is 21.9 Å². The van der Waals surface area contributed by atoms with Gasteiger partial charge in [0.25, 0.3) is 0 Å². The molecule has 2 aromatic carbocycles. The number of ether oxygens (including phenoxy) is 1. The topological polar surface area (TPSA) is 9.23 Å². The molecule has 0 aliphatic heterocycles. The monoisotopic (exact) mass is 300 g/mol. The van der Waals surface area contributed by atoms with E-state index in [-0.39, 0.29) is 6.10 Å². The zero-order valence-corrected chi connectivity index (χ0v) is 11.4. The Labute approximate surface area is 116 Å². The Bertz CT molecular complexity index is 525. The number of benzene rings is 2. The molecule has 0 bridgehead atoms. The van der Waals surface area contributed by atoms with Crippen LogP contribution in [0.2, 0.25) is 0 Å². The van der Waals surface area contributed by atoms with E-state index in [0.717, 1.165) is 15.6 Å². The quantitative estimate of drug-likeness (QED) is 0.763. The van der Waals surface area contributed by atoms with Crippen molar-refractivity contribution in [3.05, 3.63) is 70.2 Å². The van der Waals surface area contributed by atoms with Gasteiger partial charge in [-0.25, -0.2) is 0 Å². The third-order valence-corrected chi connectivity index (χ3v) is 3.11. The molecule has 0 saturated heterocycles. The van der Waals surface area contributed by atoms with Crippen LogP contribution in [0.25, 0.3) is 0 Å². The zero-order valence-electron chi connectivity index (χ0n) is 9.84. The van der Waals surface area contributed by atoms with Gasteiger partial charge in [0.2, 0.25) is 0 Å². The lowest BCUT2D eigenvalue weighted by Gasteiger charge is -2.12. The first kappa shape index (κ1) is 12.9. The summed E-state index contributed by atoms with van der Waals surface area (Å²) in [5.74, 6) is 2.67. The third kappa shape index (κ3) is 3.46. The summed E-state index contributed by atoms with van der Waals surface area (Å²) in [7, 11) is 0. The molecule has 0 unspecified atom stereocenters. The Kier molecular flexibility index (Phi) is 4.58. The average molecular weight is 301 g/mol. The van der Waals surface area contributed by atoms with E-state index in [4.69, 9.17) is 11.2 Å². The highest BCUT2D eigenvalue weighted by molar-refractivity contribution is 9.10. The van der Waals surface area contributed by atoms with Crippen LogP contribution in [-0.4, -0.2) is 0 Å². The number of hydrogen-bond acceptors (Lipinski definition) is 1. The Morgan fingerprint density at radius 2 is 1.72 bits per heavy atom. The lowest BCUT2D eigenvalue weighted by atomic mass is 10.1. The van der Waals surface area contributed by atoms with Gasteiger partial charge in [-0.15, -0.1) is 6.42 Å². The smallest absolute Gasteiger partial charge is 0.143 e. The summed E-state index contributed by atoms with van der Waals surface area (Å²) in [5.41, 5.74) is 2.12. The molecule has 2 heteroatoms. The maximum absolute atomic E-state index is 5.75. The van der Waals surface area contributed by atoms with E-state index in [0.29, 0.717) is 6.61 Å². The van der Waals surface area contributed by atoms with Gasteiger partial charge in [0.05, 0.1) is 6.61 Å². The van der Waals surface area contributed by atoms with Crippen molar-refractivity contribution in [2.45, 2.75) is 12.7 Å². The second kappa shape index (κ2) is 6.39. The summed E-state index contributed by atoms with van der Waals surface area (Å²) < 4.78 is 6.78. The SMILES string of the molecule is C#C[C@@H](OCc1ccccc1)c1ccc(Br)cc1. The molecule has 0 aliphatic rings. The molecule has 1 atom stereocenters. The fourth-order valence-electron chi connectivity index (χ4n) is 1.63. The van der Waals surface area contributed by atoms with Gasteiger partial charge < -0.3 is 4.74 Å². The first-order valence-electron chi connectivity index (χ1n) is 5.66. The molecular weight excluding hydrogens is 288 g/mol. The maximum atomic E-state index is 5.75. The Morgan fingerprint density at radius 3 is 2.33 bits per heavy atom. The predicted molar refractivity (Wildman–Crippen MR) is 76.9 cm³/mol. The van der Waals surface area contributed by atoms with Gasteiger partial charge in [0, 0.05) is 4.47 Å². The molecule has 0 spiro atoms. The van der Waals surface area contributed by atoms with Crippen molar-refractivity contribution in [2.75, 3.05) is 0 Å². The molecule has 0 heterocycles. The second-order valence-electron chi connectivity index (χ2n) is 3.89. The van der Waals surface area contributed by atoms with E-state index in [1.807, 2.05) is 54.6 Å². The van der Waals surface area contributed by atoms with Crippen molar-refractivity contribution in [3.63, 3.8) is 0 Å². The number of hydrogen-bond donors (Lipinski definition) is 0. The summed E-state index contributed by atoms with van der Waals surface area (Å²) in [5, 5.41) is 0. The predicted octanol–water partition coefficient (Wildman–Crippen LogP) is 4.34. The molecule has 2 rings (SSSR count). The maximum Gasteiger partial charge on any atom is 0.143 e. The largest absolute Gasteiger partial charge is 0.356 e. The van der Waals surface area contributed by atoms with Crippen LogP contribution in [0, 0.1) is 12.3 Å². The van der Waals surface area contributed by atoms with E-state index >= 15 is 0 Å². The third-order valence-electron chi connectivity index (χ3n) is 2.58. The Hall–Kier alpha value is -1.56. The zero-order chi connectivity index (χ0) is 12.8. The molecular formula is C16H13BrO. The molecule has 0 aliphatic carbocycles.